The Balaban J connectivity index is 1.97. The maximum Gasteiger partial charge on any atom is 0.150 e. The lowest BCUT2D eigenvalue weighted by Gasteiger charge is -2.27. The quantitative estimate of drug-likeness (QED) is 0.865. The van der Waals surface area contributed by atoms with Gasteiger partial charge in [0, 0.05) is 31.5 Å². The highest BCUT2D eigenvalue weighted by molar-refractivity contribution is 5.44. The molecule has 1 saturated heterocycles. The molecule has 1 aliphatic rings. The molecule has 0 bridgehead atoms. The largest absolute Gasteiger partial charge is 0.351 e. The first-order valence-corrected chi connectivity index (χ1v) is 6.93. The fraction of sp³-hybridized carbons (Fsp3) is 0.714. The van der Waals surface area contributed by atoms with Gasteiger partial charge < -0.3 is 10.2 Å². The normalized spacial score (nSPS) is 19.8. The molecule has 1 fully saturated rings. The summed E-state index contributed by atoms with van der Waals surface area (Å²) in [7, 11) is 0. The van der Waals surface area contributed by atoms with Gasteiger partial charge in [0.15, 0.2) is 0 Å². The second kappa shape index (κ2) is 6.14. The molecule has 1 aromatic rings. The van der Waals surface area contributed by atoms with Crippen molar-refractivity contribution in [3.63, 3.8) is 0 Å². The fourth-order valence-corrected chi connectivity index (χ4v) is 2.55. The summed E-state index contributed by atoms with van der Waals surface area (Å²) in [5.41, 5.74) is 1.04. The van der Waals surface area contributed by atoms with Crippen molar-refractivity contribution < 1.29 is 0 Å². The number of hydrogen-bond donors (Lipinski definition) is 1. The van der Waals surface area contributed by atoms with Crippen molar-refractivity contribution in [3.8, 4) is 0 Å². The van der Waals surface area contributed by atoms with Crippen molar-refractivity contribution in [2.45, 2.75) is 39.7 Å². The summed E-state index contributed by atoms with van der Waals surface area (Å²) < 4.78 is 0. The maximum atomic E-state index is 4.49. The number of aryl methyl sites for hydroxylation is 1. The Morgan fingerprint density at radius 2 is 2.17 bits per heavy atom. The van der Waals surface area contributed by atoms with Crippen molar-refractivity contribution in [2.75, 3.05) is 24.5 Å². The monoisotopic (exact) mass is 248 g/mol. The zero-order valence-electron chi connectivity index (χ0n) is 11.7. The number of aromatic nitrogens is 2. The number of hydrogen-bond acceptors (Lipinski definition) is 4. The van der Waals surface area contributed by atoms with Crippen LogP contribution < -0.4 is 10.2 Å². The van der Waals surface area contributed by atoms with Gasteiger partial charge in [-0.3, -0.25) is 4.98 Å². The highest BCUT2D eigenvalue weighted by Gasteiger charge is 2.26. The van der Waals surface area contributed by atoms with Crippen LogP contribution in [0.5, 0.6) is 0 Å². The number of nitrogens with one attached hydrogen (secondary N) is 1. The van der Waals surface area contributed by atoms with Crippen LogP contribution in [0.4, 0.5) is 5.82 Å². The Morgan fingerprint density at radius 1 is 1.39 bits per heavy atom. The Kier molecular flexibility index (Phi) is 4.53. The predicted molar refractivity (Wildman–Crippen MR) is 74.8 cm³/mol. The molecule has 2 heterocycles. The summed E-state index contributed by atoms with van der Waals surface area (Å²) in [6.45, 7) is 9.77. The molecule has 0 aliphatic carbocycles. The van der Waals surface area contributed by atoms with Gasteiger partial charge in [0.2, 0.25) is 0 Å². The first-order chi connectivity index (χ1) is 8.68. The van der Waals surface area contributed by atoms with Crippen molar-refractivity contribution in [2.24, 2.45) is 5.92 Å². The summed E-state index contributed by atoms with van der Waals surface area (Å²) >= 11 is 0. The Hall–Kier alpha value is -1.16. The third kappa shape index (κ3) is 3.19. The zero-order valence-corrected chi connectivity index (χ0v) is 11.7. The maximum absolute atomic E-state index is 4.49. The lowest BCUT2D eigenvalue weighted by molar-refractivity contribution is 0.510. The van der Waals surface area contributed by atoms with Crippen LogP contribution in [0, 0.1) is 12.8 Å². The Labute approximate surface area is 110 Å². The molecule has 0 aromatic carbocycles. The molecule has 18 heavy (non-hydrogen) atoms. The summed E-state index contributed by atoms with van der Waals surface area (Å²) in [4.78, 5) is 11.2. The van der Waals surface area contributed by atoms with Crippen LogP contribution in [0.2, 0.25) is 0 Å². The molecule has 1 unspecified atom stereocenters. The van der Waals surface area contributed by atoms with E-state index in [0.717, 1.165) is 31.1 Å². The first kappa shape index (κ1) is 13.3. The Morgan fingerprint density at radius 3 is 2.89 bits per heavy atom. The van der Waals surface area contributed by atoms with E-state index in [-0.39, 0.29) is 0 Å². The van der Waals surface area contributed by atoms with Crippen LogP contribution in [0.3, 0.4) is 0 Å². The van der Waals surface area contributed by atoms with Crippen LogP contribution in [-0.2, 0) is 0 Å². The van der Waals surface area contributed by atoms with Gasteiger partial charge in [-0.15, -0.1) is 0 Å². The minimum Gasteiger partial charge on any atom is -0.351 e. The van der Waals surface area contributed by atoms with Gasteiger partial charge in [0.05, 0.1) is 5.69 Å². The van der Waals surface area contributed by atoms with E-state index in [4.69, 9.17) is 0 Å². The second-order valence-electron chi connectivity index (χ2n) is 5.51. The average molecular weight is 248 g/mol. The summed E-state index contributed by atoms with van der Waals surface area (Å²) in [5.74, 6) is 1.77. The van der Waals surface area contributed by atoms with E-state index >= 15 is 0 Å². The van der Waals surface area contributed by atoms with Crippen molar-refractivity contribution in [3.05, 3.63) is 18.1 Å². The zero-order chi connectivity index (χ0) is 13.0. The lowest BCUT2D eigenvalue weighted by atomic mass is 10.2. The lowest BCUT2D eigenvalue weighted by Crippen LogP contribution is -2.39. The van der Waals surface area contributed by atoms with E-state index in [1.54, 1.807) is 12.4 Å². The van der Waals surface area contributed by atoms with E-state index in [2.05, 4.69) is 34.0 Å². The van der Waals surface area contributed by atoms with Gasteiger partial charge in [-0.25, -0.2) is 4.98 Å². The molecule has 1 N–H and O–H groups in total. The number of rotatable bonds is 5. The van der Waals surface area contributed by atoms with Crippen LogP contribution in [-0.4, -0.2) is 35.6 Å². The highest BCUT2D eigenvalue weighted by Crippen LogP contribution is 2.24. The third-order valence-electron chi connectivity index (χ3n) is 3.44. The molecule has 0 amide bonds. The molecular formula is C14H24N4. The molecule has 1 aromatic heterocycles. The standard InChI is InChI=1S/C14H24N4/c1-11(2)9-15-10-13-5-4-8-18(13)14-12(3)16-6-7-17-14/h6-7,11,13,15H,4-5,8-10H2,1-3H3. The average Bonchev–Trinajstić information content (AvgIpc) is 2.77. The topological polar surface area (TPSA) is 41.1 Å². The highest BCUT2D eigenvalue weighted by atomic mass is 15.2. The molecule has 4 nitrogen and oxygen atoms in total. The van der Waals surface area contributed by atoms with Gasteiger partial charge in [-0.05, 0) is 32.2 Å². The molecule has 0 radical (unpaired) electrons. The van der Waals surface area contributed by atoms with Gasteiger partial charge in [0.1, 0.15) is 5.82 Å². The second-order valence-corrected chi connectivity index (χ2v) is 5.51. The number of anilines is 1. The SMILES string of the molecule is Cc1nccnc1N1CCCC1CNCC(C)C. The van der Waals surface area contributed by atoms with E-state index in [9.17, 15) is 0 Å². The summed E-state index contributed by atoms with van der Waals surface area (Å²) in [6, 6.07) is 0.569. The molecule has 2 rings (SSSR count). The minimum absolute atomic E-state index is 0.569. The van der Waals surface area contributed by atoms with Gasteiger partial charge in [-0.1, -0.05) is 13.8 Å². The number of nitrogens with zero attached hydrogens (tertiary/aromatic N) is 3. The molecule has 0 saturated carbocycles. The molecule has 4 heteroatoms. The van der Waals surface area contributed by atoms with Crippen molar-refractivity contribution in [1.82, 2.24) is 15.3 Å². The molecule has 100 valence electrons. The van der Waals surface area contributed by atoms with E-state index in [1.165, 1.54) is 12.8 Å². The fourth-order valence-electron chi connectivity index (χ4n) is 2.55. The van der Waals surface area contributed by atoms with E-state index in [1.807, 2.05) is 6.92 Å². The van der Waals surface area contributed by atoms with Crippen LogP contribution in [0.15, 0.2) is 12.4 Å². The first-order valence-electron chi connectivity index (χ1n) is 6.93. The predicted octanol–water partition coefficient (Wildman–Crippen LogP) is 2.00. The smallest absolute Gasteiger partial charge is 0.150 e. The third-order valence-corrected chi connectivity index (χ3v) is 3.44. The summed E-state index contributed by atoms with van der Waals surface area (Å²) in [5, 5.41) is 3.56. The Bertz CT molecular complexity index is 378. The van der Waals surface area contributed by atoms with Crippen molar-refractivity contribution in [1.29, 1.82) is 0 Å². The minimum atomic E-state index is 0.569. The van der Waals surface area contributed by atoms with Gasteiger partial charge >= 0.3 is 0 Å². The summed E-state index contributed by atoms with van der Waals surface area (Å²) in [6.07, 6.45) is 6.06. The van der Waals surface area contributed by atoms with Gasteiger partial charge in [-0.2, -0.15) is 0 Å². The van der Waals surface area contributed by atoms with Crippen LogP contribution >= 0.6 is 0 Å². The van der Waals surface area contributed by atoms with Crippen molar-refractivity contribution >= 4 is 5.82 Å². The molecule has 1 aliphatic heterocycles. The van der Waals surface area contributed by atoms with E-state index in [0.29, 0.717) is 12.0 Å². The van der Waals surface area contributed by atoms with Crippen LogP contribution in [0.25, 0.3) is 0 Å². The van der Waals surface area contributed by atoms with Crippen LogP contribution in [0.1, 0.15) is 32.4 Å². The van der Waals surface area contributed by atoms with Gasteiger partial charge in [0.25, 0.3) is 0 Å². The van der Waals surface area contributed by atoms with E-state index < -0.39 is 0 Å². The molecule has 1 atom stereocenters. The molecular weight excluding hydrogens is 224 g/mol. The molecule has 0 spiro atoms.